The molecule has 0 bridgehead atoms. The Balaban J connectivity index is -0.000000366. The van der Waals surface area contributed by atoms with Crippen molar-refractivity contribution < 1.29 is 0 Å². The Morgan fingerprint density at radius 1 is 0.274 bits per heavy atom. The summed E-state index contributed by atoms with van der Waals surface area (Å²) in [4.78, 5) is 0. The van der Waals surface area contributed by atoms with Crippen molar-refractivity contribution in [3.63, 3.8) is 0 Å². The monoisotopic (exact) mass is 867 g/mol. The SMILES string of the molecule is CC(C)=CCC/C(C)=C/CC(C)C.CC(C)=CCC/C(C)=C/CC/C(C)=C/CC(C)C.CC(C)CCCC(C)CCC(C)C.CC(C)CCCC(C)CCCC(C)CCC(C)C. The summed E-state index contributed by atoms with van der Waals surface area (Å²) in [6, 6.07) is 0. The smallest absolute Gasteiger partial charge is 0.0288 e. The molecule has 0 spiro atoms. The molecule has 370 valence electrons. The van der Waals surface area contributed by atoms with Crippen molar-refractivity contribution in [2.75, 3.05) is 0 Å². The molecule has 0 saturated carbocycles. The Labute approximate surface area is 397 Å². The standard InChI is InChI=1S/C18H38.C18H32.C13H28.C13H24/c2*1-15(2)9-7-10-17(5)11-8-12-18(6)14-13-16(3)4;2*1-11(2)7-6-8-13(5)10-9-12(3)4/h15-18H,7-14H2,1-6H3;9,11,14,16H,7-8,10,12-13H2,1-6H3;11-13H,6-10H2,1-5H3;7,10,12H,6,8-9H2,1-5H3/b;17-11+,18-14+;;13-10+. The molecule has 0 aliphatic carbocycles. The van der Waals surface area contributed by atoms with Gasteiger partial charge in [-0.2, -0.15) is 0 Å². The first-order valence-corrected chi connectivity index (χ1v) is 27.1. The molecule has 0 heterocycles. The first-order chi connectivity index (χ1) is 28.9. The van der Waals surface area contributed by atoms with Crippen LogP contribution in [0.3, 0.4) is 0 Å². The van der Waals surface area contributed by atoms with Crippen LogP contribution in [0.4, 0.5) is 0 Å². The molecule has 62 heavy (non-hydrogen) atoms. The first kappa shape index (κ1) is 67.3. The van der Waals surface area contributed by atoms with Crippen LogP contribution in [0.5, 0.6) is 0 Å². The highest BCUT2D eigenvalue weighted by molar-refractivity contribution is 5.05. The van der Waals surface area contributed by atoms with Crippen LogP contribution in [-0.2, 0) is 0 Å². The van der Waals surface area contributed by atoms with Gasteiger partial charge in [0, 0.05) is 0 Å². The summed E-state index contributed by atoms with van der Waals surface area (Å²) in [7, 11) is 0. The zero-order valence-corrected chi connectivity index (χ0v) is 47.4. The van der Waals surface area contributed by atoms with Gasteiger partial charge in [-0.1, -0.05) is 246 Å². The fourth-order valence-electron chi connectivity index (χ4n) is 7.14. The third-order valence-electron chi connectivity index (χ3n) is 11.9. The molecule has 3 unspecified atom stereocenters. The van der Waals surface area contributed by atoms with Crippen molar-refractivity contribution in [3.8, 4) is 0 Å². The molecule has 0 N–H and O–H groups in total. The zero-order chi connectivity index (χ0) is 48.5. The third-order valence-corrected chi connectivity index (χ3v) is 11.9. The molecule has 0 nitrogen and oxygen atoms in total. The van der Waals surface area contributed by atoms with Crippen LogP contribution in [0.15, 0.2) is 58.2 Å². The second-order valence-electron chi connectivity index (χ2n) is 23.4. The fourth-order valence-corrected chi connectivity index (χ4v) is 7.14. The summed E-state index contributed by atoms with van der Waals surface area (Å²) in [6.07, 6.45) is 40.1. The van der Waals surface area contributed by atoms with E-state index in [0.29, 0.717) is 0 Å². The molecule has 0 aliphatic rings. The Bertz CT molecular complexity index is 1090. The van der Waals surface area contributed by atoms with Crippen molar-refractivity contribution in [2.24, 2.45) is 53.3 Å². The summed E-state index contributed by atoms with van der Waals surface area (Å²) in [5.74, 6) is 7.93. The van der Waals surface area contributed by atoms with E-state index in [2.05, 4.69) is 183 Å². The van der Waals surface area contributed by atoms with Gasteiger partial charge in [-0.25, -0.2) is 0 Å². The molecule has 0 aliphatic heterocycles. The lowest BCUT2D eigenvalue weighted by Crippen LogP contribution is -2.01. The predicted molar refractivity (Wildman–Crippen MR) is 294 cm³/mol. The van der Waals surface area contributed by atoms with E-state index in [-0.39, 0.29) is 0 Å². The van der Waals surface area contributed by atoms with Crippen molar-refractivity contribution in [3.05, 3.63) is 58.2 Å². The maximum Gasteiger partial charge on any atom is -0.0288 e. The van der Waals surface area contributed by atoms with Crippen LogP contribution < -0.4 is 0 Å². The second-order valence-corrected chi connectivity index (χ2v) is 23.4. The average Bonchev–Trinajstić information content (AvgIpc) is 3.15. The maximum absolute atomic E-state index is 2.44. The molecule has 0 aromatic heterocycles. The van der Waals surface area contributed by atoms with E-state index in [1.54, 1.807) is 0 Å². The summed E-state index contributed by atoms with van der Waals surface area (Å²) in [5, 5.41) is 0. The molecular formula is C62H122. The van der Waals surface area contributed by atoms with Crippen LogP contribution in [0, 0.1) is 53.3 Å². The topological polar surface area (TPSA) is 0 Å². The van der Waals surface area contributed by atoms with Gasteiger partial charge < -0.3 is 0 Å². The summed E-state index contributed by atoms with van der Waals surface area (Å²) in [5.41, 5.74) is 7.46. The number of hydrogen-bond donors (Lipinski definition) is 0. The van der Waals surface area contributed by atoms with E-state index in [9.17, 15) is 0 Å². The minimum atomic E-state index is 0.779. The van der Waals surface area contributed by atoms with Crippen LogP contribution in [0.1, 0.15) is 287 Å². The minimum absolute atomic E-state index is 0.779. The summed E-state index contributed by atoms with van der Waals surface area (Å²) in [6.45, 7) is 50.4. The summed E-state index contributed by atoms with van der Waals surface area (Å²) < 4.78 is 0. The number of rotatable bonds is 31. The Morgan fingerprint density at radius 2 is 0.532 bits per heavy atom. The molecule has 3 atom stereocenters. The fraction of sp³-hybridized carbons (Fsp3) is 0.839. The minimum Gasteiger partial charge on any atom is -0.0856 e. The summed E-state index contributed by atoms with van der Waals surface area (Å²) >= 11 is 0. The van der Waals surface area contributed by atoms with E-state index in [1.807, 2.05) is 0 Å². The lowest BCUT2D eigenvalue weighted by molar-refractivity contribution is 0.376. The van der Waals surface area contributed by atoms with Gasteiger partial charge in [0.15, 0.2) is 0 Å². The largest absolute Gasteiger partial charge is 0.0856 e. The number of hydrogen-bond acceptors (Lipinski definition) is 0. The Hall–Kier alpha value is -1.30. The van der Waals surface area contributed by atoms with Gasteiger partial charge in [0.05, 0.1) is 0 Å². The molecule has 0 aromatic rings. The van der Waals surface area contributed by atoms with Crippen LogP contribution >= 0.6 is 0 Å². The van der Waals surface area contributed by atoms with Gasteiger partial charge in [0.2, 0.25) is 0 Å². The molecule has 0 fully saturated rings. The Kier molecular flexibility index (Phi) is 50.2. The molecule has 0 rings (SSSR count). The van der Waals surface area contributed by atoms with Crippen LogP contribution in [0.2, 0.25) is 0 Å². The maximum atomic E-state index is 2.44. The van der Waals surface area contributed by atoms with Gasteiger partial charge in [-0.15, -0.1) is 0 Å². The van der Waals surface area contributed by atoms with Gasteiger partial charge >= 0.3 is 0 Å². The predicted octanol–water partition coefficient (Wildman–Crippen LogP) is 22.8. The molecule has 0 saturated heterocycles. The normalized spacial score (nSPS) is 13.7. The van der Waals surface area contributed by atoms with E-state index in [4.69, 9.17) is 0 Å². The highest BCUT2D eigenvalue weighted by atomic mass is 14.1. The van der Waals surface area contributed by atoms with Gasteiger partial charge in [0.25, 0.3) is 0 Å². The average molecular weight is 868 g/mol. The van der Waals surface area contributed by atoms with Crippen molar-refractivity contribution in [1.82, 2.24) is 0 Å². The highest BCUT2D eigenvalue weighted by Crippen LogP contribution is 2.23. The Morgan fingerprint density at radius 3 is 0.806 bits per heavy atom. The van der Waals surface area contributed by atoms with Gasteiger partial charge in [-0.05, 0) is 153 Å². The number of allylic oxidation sites excluding steroid dienone is 10. The molecule has 0 amide bonds. The lowest BCUT2D eigenvalue weighted by atomic mass is 9.91. The third kappa shape index (κ3) is 65.3. The molecule has 0 aromatic carbocycles. The molecular weight excluding hydrogens is 745 g/mol. The van der Waals surface area contributed by atoms with Gasteiger partial charge in [0.1, 0.15) is 0 Å². The quantitative estimate of drug-likeness (QED) is 0.0609. The van der Waals surface area contributed by atoms with Crippen LogP contribution in [-0.4, -0.2) is 0 Å². The van der Waals surface area contributed by atoms with E-state index < -0.39 is 0 Å². The van der Waals surface area contributed by atoms with Gasteiger partial charge in [-0.3, -0.25) is 0 Å². The second kappa shape index (κ2) is 46.2. The molecule has 0 heteroatoms. The van der Waals surface area contributed by atoms with Crippen molar-refractivity contribution in [1.29, 1.82) is 0 Å². The zero-order valence-electron chi connectivity index (χ0n) is 47.4. The van der Waals surface area contributed by atoms with Crippen molar-refractivity contribution in [2.45, 2.75) is 287 Å². The highest BCUT2D eigenvalue weighted by Gasteiger charge is 2.08. The van der Waals surface area contributed by atoms with Crippen LogP contribution in [0.25, 0.3) is 0 Å². The first-order valence-electron chi connectivity index (χ1n) is 27.1. The lowest BCUT2D eigenvalue weighted by Gasteiger charge is -2.15. The van der Waals surface area contributed by atoms with E-state index >= 15 is 0 Å². The van der Waals surface area contributed by atoms with E-state index in [1.165, 1.54) is 163 Å². The van der Waals surface area contributed by atoms with E-state index in [0.717, 1.165) is 53.3 Å². The van der Waals surface area contributed by atoms with Crippen molar-refractivity contribution >= 4 is 0 Å². The molecule has 0 radical (unpaired) electrons.